The molecule has 1 aliphatic rings. The molecular weight excluding hydrogens is 396 g/mol. The highest BCUT2D eigenvalue weighted by Gasteiger charge is 2.35. The van der Waals surface area contributed by atoms with Gasteiger partial charge in [0.1, 0.15) is 11.5 Å². The Hall–Kier alpha value is -2.29. The Morgan fingerprint density at radius 3 is 1.69 bits per heavy atom. The predicted molar refractivity (Wildman–Crippen MR) is 133 cm³/mol. The number of benzene rings is 2. The molecule has 0 atom stereocenters. The molecular formula is C29H40O3. The van der Waals surface area contributed by atoms with Crippen LogP contribution in [0.4, 0.5) is 0 Å². The fraction of sp³-hybridized carbons (Fsp3) is 0.552. The van der Waals surface area contributed by atoms with E-state index < -0.39 is 5.97 Å². The molecule has 0 aromatic heterocycles. The van der Waals surface area contributed by atoms with Crippen LogP contribution in [0.3, 0.4) is 0 Å². The number of hydrogen-bond donors (Lipinski definition) is 1. The SMILES string of the molecule is CC(C)c1ccc2c(c1C(C)C)Oc1c(c(C(=O)O)c(C(C)C)c(C(C)C)c1C(C)C)C2. The highest BCUT2D eigenvalue weighted by Crippen LogP contribution is 2.51. The van der Waals surface area contributed by atoms with Crippen LogP contribution in [0.25, 0.3) is 0 Å². The van der Waals surface area contributed by atoms with Crippen LogP contribution in [0.15, 0.2) is 12.1 Å². The van der Waals surface area contributed by atoms with Gasteiger partial charge in [-0.2, -0.15) is 0 Å². The van der Waals surface area contributed by atoms with Gasteiger partial charge in [-0.3, -0.25) is 0 Å². The number of ether oxygens (including phenoxy) is 1. The third-order valence-electron chi connectivity index (χ3n) is 6.70. The summed E-state index contributed by atoms with van der Waals surface area (Å²) in [4.78, 5) is 12.6. The van der Waals surface area contributed by atoms with Crippen molar-refractivity contribution in [1.29, 1.82) is 0 Å². The van der Waals surface area contributed by atoms with E-state index in [1.165, 1.54) is 16.7 Å². The summed E-state index contributed by atoms with van der Waals surface area (Å²) < 4.78 is 6.81. The zero-order valence-electron chi connectivity index (χ0n) is 21.5. The Kier molecular flexibility index (Phi) is 6.79. The second kappa shape index (κ2) is 8.92. The lowest BCUT2D eigenvalue weighted by molar-refractivity contribution is 0.0693. The van der Waals surface area contributed by atoms with Crippen molar-refractivity contribution in [2.24, 2.45) is 0 Å². The Labute approximate surface area is 194 Å². The summed E-state index contributed by atoms with van der Waals surface area (Å²) in [7, 11) is 0. The molecule has 0 radical (unpaired) electrons. The van der Waals surface area contributed by atoms with Crippen LogP contribution in [0.5, 0.6) is 11.5 Å². The highest BCUT2D eigenvalue weighted by molar-refractivity contribution is 5.94. The van der Waals surface area contributed by atoms with Gasteiger partial charge in [0.2, 0.25) is 0 Å². The second-order valence-electron chi connectivity index (χ2n) is 10.8. The van der Waals surface area contributed by atoms with E-state index >= 15 is 0 Å². The number of carboxylic acids is 1. The number of rotatable bonds is 6. The molecule has 2 aromatic rings. The molecule has 3 nitrogen and oxygen atoms in total. The Morgan fingerprint density at radius 1 is 0.719 bits per heavy atom. The van der Waals surface area contributed by atoms with Crippen molar-refractivity contribution in [3.05, 3.63) is 56.6 Å². The molecule has 0 aliphatic carbocycles. The van der Waals surface area contributed by atoms with Crippen molar-refractivity contribution in [3.63, 3.8) is 0 Å². The van der Waals surface area contributed by atoms with Gasteiger partial charge in [-0.15, -0.1) is 0 Å². The van der Waals surface area contributed by atoms with Crippen molar-refractivity contribution < 1.29 is 14.6 Å². The summed E-state index contributed by atoms with van der Waals surface area (Å²) in [5, 5.41) is 10.4. The van der Waals surface area contributed by atoms with Crippen LogP contribution < -0.4 is 4.74 Å². The normalized spacial score (nSPS) is 13.2. The highest BCUT2D eigenvalue weighted by atomic mass is 16.5. The van der Waals surface area contributed by atoms with Crippen LogP contribution in [0.1, 0.15) is 148 Å². The minimum Gasteiger partial charge on any atom is -0.478 e. The van der Waals surface area contributed by atoms with Crippen molar-refractivity contribution in [3.8, 4) is 11.5 Å². The molecule has 174 valence electrons. The predicted octanol–water partition coefficient (Wildman–Crippen LogP) is 8.70. The van der Waals surface area contributed by atoms with E-state index in [4.69, 9.17) is 4.74 Å². The van der Waals surface area contributed by atoms with Gasteiger partial charge < -0.3 is 9.84 Å². The lowest BCUT2D eigenvalue weighted by atomic mass is 9.76. The number of carbonyl (C=O) groups is 1. The van der Waals surface area contributed by atoms with Crippen LogP contribution >= 0.6 is 0 Å². The molecule has 1 heterocycles. The van der Waals surface area contributed by atoms with Gasteiger partial charge in [0, 0.05) is 23.1 Å². The second-order valence-corrected chi connectivity index (χ2v) is 10.8. The van der Waals surface area contributed by atoms with Gasteiger partial charge in [0.05, 0.1) is 5.56 Å². The summed E-state index contributed by atoms with van der Waals surface area (Å²) >= 11 is 0. The quantitative estimate of drug-likeness (QED) is 0.420. The number of carboxylic acid groups (broad SMARTS) is 1. The number of aromatic carboxylic acids is 1. The van der Waals surface area contributed by atoms with Gasteiger partial charge >= 0.3 is 5.97 Å². The van der Waals surface area contributed by atoms with Gasteiger partial charge in [0.25, 0.3) is 0 Å². The standard InChI is InChI=1S/C29H40O3/c1-14(2)20-12-11-19-13-21-26(29(30)31)24(17(7)8)23(16(5)6)25(18(9)10)28(21)32-27(19)22(20)15(3)4/h11-12,14-18H,13H2,1-10H3,(H,30,31). The Bertz CT molecular complexity index is 1040. The van der Waals surface area contributed by atoms with Gasteiger partial charge in [-0.05, 0) is 51.8 Å². The fourth-order valence-electron chi connectivity index (χ4n) is 5.48. The third kappa shape index (κ3) is 3.95. The van der Waals surface area contributed by atoms with Crippen molar-refractivity contribution in [1.82, 2.24) is 0 Å². The molecule has 3 heteroatoms. The zero-order chi connectivity index (χ0) is 24.1. The first kappa shape index (κ1) is 24.4. The molecule has 0 unspecified atom stereocenters. The summed E-state index contributed by atoms with van der Waals surface area (Å²) in [5.74, 6) is 2.18. The molecule has 0 saturated heterocycles. The van der Waals surface area contributed by atoms with Crippen LogP contribution in [-0.4, -0.2) is 11.1 Å². The van der Waals surface area contributed by atoms with Crippen LogP contribution in [0, 0.1) is 0 Å². The van der Waals surface area contributed by atoms with Gasteiger partial charge in [-0.25, -0.2) is 4.79 Å². The molecule has 32 heavy (non-hydrogen) atoms. The summed E-state index contributed by atoms with van der Waals surface area (Å²) in [5.41, 5.74) is 8.27. The zero-order valence-corrected chi connectivity index (χ0v) is 21.5. The monoisotopic (exact) mass is 436 g/mol. The summed E-state index contributed by atoms with van der Waals surface area (Å²) in [6.45, 7) is 21.8. The van der Waals surface area contributed by atoms with Crippen LogP contribution in [-0.2, 0) is 6.42 Å². The lowest BCUT2D eigenvalue weighted by Crippen LogP contribution is -2.21. The molecule has 0 bridgehead atoms. The number of hydrogen-bond acceptors (Lipinski definition) is 2. The largest absolute Gasteiger partial charge is 0.478 e. The molecule has 0 spiro atoms. The minimum absolute atomic E-state index is 0.122. The van der Waals surface area contributed by atoms with E-state index in [2.05, 4.69) is 81.4 Å². The van der Waals surface area contributed by atoms with Gasteiger partial charge in [-0.1, -0.05) is 81.4 Å². The molecule has 1 aliphatic heterocycles. The Balaban J connectivity index is 2.45. The smallest absolute Gasteiger partial charge is 0.336 e. The average molecular weight is 437 g/mol. The molecule has 0 amide bonds. The van der Waals surface area contributed by atoms with E-state index in [9.17, 15) is 9.90 Å². The van der Waals surface area contributed by atoms with E-state index in [1.807, 2.05) is 0 Å². The minimum atomic E-state index is -0.850. The molecule has 0 fully saturated rings. The van der Waals surface area contributed by atoms with Crippen molar-refractivity contribution >= 4 is 5.97 Å². The summed E-state index contributed by atoms with van der Waals surface area (Å²) in [6, 6.07) is 4.36. The number of fused-ring (bicyclic) bond motifs is 2. The van der Waals surface area contributed by atoms with Crippen molar-refractivity contribution in [2.45, 2.75) is 105 Å². The average Bonchev–Trinajstić information content (AvgIpc) is 2.68. The van der Waals surface area contributed by atoms with E-state index in [1.54, 1.807) is 0 Å². The third-order valence-corrected chi connectivity index (χ3v) is 6.70. The van der Waals surface area contributed by atoms with E-state index in [0.717, 1.165) is 33.8 Å². The topological polar surface area (TPSA) is 46.5 Å². The first-order chi connectivity index (χ1) is 14.9. The van der Waals surface area contributed by atoms with Crippen molar-refractivity contribution in [2.75, 3.05) is 0 Å². The molecule has 0 saturated carbocycles. The van der Waals surface area contributed by atoms with E-state index in [-0.39, 0.29) is 17.8 Å². The first-order valence-corrected chi connectivity index (χ1v) is 12.2. The maximum atomic E-state index is 12.6. The maximum Gasteiger partial charge on any atom is 0.336 e. The summed E-state index contributed by atoms with van der Waals surface area (Å²) in [6.07, 6.45) is 0.599. The molecule has 3 rings (SSSR count). The fourth-order valence-corrected chi connectivity index (χ4v) is 5.48. The molecule has 1 N–H and O–H groups in total. The Morgan fingerprint density at radius 2 is 1.25 bits per heavy atom. The van der Waals surface area contributed by atoms with Gasteiger partial charge in [0.15, 0.2) is 0 Å². The lowest BCUT2D eigenvalue weighted by Gasteiger charge is -2.34. The molecule has 2 aromatic carbocycles. The van der Waals surface area contributed by atoms with Crippen LogP contribution in [0.2, 0.25) is 0 Å². The maximum absolute atomic E-state index is 12.6. The van der Waals surface area contributed by atoms with E-state index in [0.29, 0.717) is 23.8 Å². The first-order valence-electron chi connectivity index (χ1n) is 12.2.